The van der Waals surface area contributed by atoms with Crippen LogP contribution >= 0.6 is 11.6 Å². The Balaban J connectivity index is 1.97. The fraction of sp³-hybridized carbons (Fsp3) is 0.385. The second-order valence-electron chi connectivity index (χ2n) is 4.59. The summed E-state index contributed by atoms with van der Waals surface area (Å²) in [7, 11) is -3.97. The van der Waals surface area contributed by atoms with Gasteiger partial charge >= 0.3 is 0 Å². The Labute approximate surface area is 128 Å². The van der Waals surface area contributed by atoms with E-state index in [1.54, 1.807) is 6.08 Å². The molecule has 1 fully saturated rings. The van der Waals surface area contributed by atoms with E-state index in [2.05, 4.69) is 4.98 Å². The number of aromatic nitrogens is 1. The van der Waals surface area contributed by atoms with E-state index in [9.17, 15) is 13.2 Å². The second-order valence-corrected chi connectivity index (χ2v) is 6.66. The molecular weight excluding hydrogens is 316 g/mol. The van der Waals surface area contributed by atoms with E-state index in [0.29, 0.717) is 18.2 Å². The molecule has 2 heterocycles. The van der Waals surface area contributed by atoms with Crippen LogP contribution in [0.1, 0.15) is 12.8 Å². The molecule has 0 spiro atoms. The number of halogens is 1. The van der Waals surface area contributed by atoms with Crippen LogP contribution in [0.15, 0.2) is 35.5 Å². The maximum Gasteiger partial charge on any atom is 0.281 e. The number of carbonyl (C=O) groups excluding carboxylic acids is 1. The van der Waals surface area contributed by atoms with Crippen LogP contribution in [-0.4, -0.2) is 32.5 Å². The number of ether oxygens (including phenoxy) is 1. The smallest absolute Gasteiger partial charge is 0.281 e. The predicted molar refractivity (Wildman–Crippen MR) is 77.3 cm³/mol. The summed E-state index contributed by atoms with van der Waals surface area (Å²) in [6, 6.07) is 2.63. The van der Waals surface area contributed by atoms with Gasteiger partial charge in [0.25, 0.3) is 15.9 Å². The van der Waals surface area contributed by atoms with Crippen LogP contribution in [0.3, 0.4) is 0 Å². The van der Waals surface area contributed by atoms with Crippen molar-refractivity contribution in [1.82, 2.24) is 9.71 Å². The molecule has 0 aromatic carbocycles. The van der Waals surface area contributed by atoms with E-state index >= 15 is 0 Å². The van der Waals surface area contributed by atoms with Crippen LogP contribution in [0.2, 0.25) is 5.02 Å². The molecule has 1 aromatic heterocycles. The zero-order valence-corrected chi connectivity index (χ0v) is 12.7. The van der Waals surface area contributed by atoms with Crippen molar-refractivity contribution in [3.8, 4) is 0 Å². The lowest BCUT2D eigenvalue weighted by atomic mass is 10.00. The fourth-order valence-corrected chi connectivity index (χ4v) is 2.86. The minimum atomic E-state index is -3.97. The molecule has 6 nitrogen and oxygen atoms in total. The highest BCUT2D eigenvalue weighted by molar-refractivity contribution is 7.90. The van der Waals surface area contributed by atoms with E-state index in [-0.39, 0.29) is 10.9 Å². The maximum absolute atomic E-state index is 11.9. The molecule has 0 radical (unpaired) electrons. The number of allylic oxidation sites excluding steroid dienone is 1. The Bertz CT molecular complexity index is 622. The third-order valence-electron chi connectivity index (χ3n) is 3.00. The van der Waals surface area contributed by atoms with Crippen LogP contribution < -0.4 is 4.72 Å². The van der Waals surface area contributed by atoms with Crippen molar-refractivity contribution in [2.45, 2.75) is 17.9 Å². The molecule has 21 heavy (non-hydrogen) atoms. The molecular formula is C13H15ClN2O4S. The zero-order chi connectivity index (χ0) is 15.3. The van der Waals surface area contributed by atoms with Gasteiger partial charge in [0.2, 0.25) is 0 Å². The van der Waals surface area contributed by atoms with Crippen molar-refractivity contribution in [3.63, 3.8) is 0 Å². The number of pyridine rings is 1. The standard InChI is InChI=1S/C13H15ClN2O4S/c14-11-2-4-13(15-9-11)21(18,19)16-12(17)3-1-10-5-7-20-8-6-10/h1-4,9-10H,5-8H2,(H,16,17). The highest BCUT2D eigenvalue weighted by atomic mass is 35.5. The van der Waals surface area contributed by atoms with Gasteiger partial charge < -0.3 is 4.74 Å². The van der Waals surface area contributed by atoms with Gasteiger partial charge in [0.1, 0.15) is 0 Å². The number of nitrogens with zero attached hydrogens (tertiary/aromatic N) is 1. The van der Waals surface area contributed by atoms with E-state index < -0.39 is 15.9 Å². The van der Waals surface area contributed by atoms with E-state index in [4.69, 9.17) is 16.3 Å². The molecule has 0 atom stereocenters. The molecule has 0 unspecified atom stereocenters. The summed E-state index contributed by atoms with van der Waals surface area (Å²) in [5.74, 6) is -0.459. The van der Waals surface area contributed by atoms with Crippen LogP contribution in [0.5, 0.6) is 0 Å². The molecule has 1 aromatic rings. The number of sulfonamides is 1. The van der Waals surface area contributed by atoms with Crippen molar-refractivity contribution in [2.75, 3.05) is 13.2 Å². The monoisotopic (exact) mass is 330 g/mol. The summed E-state index contributed by atoms with van der Waals surface area (Å²) in [6.45, 7) is 1.31. The molecule has 0 aliphatic carbocycles. The molecule has 1 amide bonds. The Hall–Kier alpha value is -1.44. The summed E-state index contributed by atoms with van der Waals surface area (Å²) < 4.78 is 31.0. The molecule has 1 N–H and O–H groups in total. The van der Waals surface area contributed by atoms with Gasteiger partial charge in [-0.2, -0.15) is 8.42 Å². The molecule has 1 aliphatic heterocycles. The van der Waals surface area contributed by atoms with Gasteiger partial charge in [-0.1, -0.05) is 17.7 Å². The molecule has 0 saturated carbocycles. The Morgan fingerprint density at radius 3 is 2.71 bits per heavy atom. The number of hydrogen-bond acceptors (Lipinski definition) is 5. The van der Waals surface area contributed by atoms with Gasteiger partial charge in [-0.25, -0.2) is 9.71 Å². The fourth-order valence-electron chi connectivity index (χ4n) is 1.87. The Morgan fingerprint density at radius 1 is 1.38 bits per heavy atom. The summed E-state index contributed by atoms with van der Waals surface area (Å²) >= 11 is 5.64. The van der Waals surface area contributed by atoms with Crippen molar-refractivity contribution >= 4 is 27.5 Å². The quantitative estimate of drug-likeness (QED) is 0.846. The lowest BCUT2D eigenvalue weighted by molar-refractivity contribution is -0.114. The van der Waals surface area contributed by atoms with Crippen molar-refractivity contribution in [3.05, 3.63) is 35.5 Å². The molecule has 114 valence electrons. The Morgan fingerprint density at radius 2 is 2.10 bits per heavy atom. The average molecular weight is 331 g/mol. The molecule has 0 bridgehead atoms. The summed E-state index contributed by atoms with van der Waals surface area (Å²) in [4.78, 5) is 15.4. The van der Waals surface area contributed by atoms with Gasteiger partial charge in [0.15, 0.2) is 5.03 Å². The number of rotatable bonds is 4. The largest absolute Gasteiger partial charge is 0.381 e. The van der Waals surface area contributed by atoms with Crippen LogP contribution in [0.4, 0.5) is 0 Å². The first-order chi connectivity index (χ1) is 9.97. The van der Waals surface area contributed by atoms with Crippen LogP contribution in [0, 0.1) is 5.92 Å². The van der Waals surface area contributed by atoms with Gasteiger partial charge in [0, 0.05) is 25.5 Å². The highest BCUT2D eigenvalue weighted by Gasteiger charge is 2.18. The summed E-state index contributed by atoms with van der Waals surface area (Å²) in [5.41, 5.74) is 0. The first kappa shape index (κ1) is 15.9. The van der Waals surface area contributed by atoms with Crippen molar-refractivity contribution in [2.24, 2.45) is 5.92 Å². The number of nitrogens with one attached hydrogen (secondary N) is 1. The zero-order valence-electron chi connectivity index (χ0n) is 11.2. The first-order valence-electron chi connectivity index (χ1n) is 6.42. The SMILES string of the molecule is O=C(C=CC1CCOCC1)NS(=O)(=O)c1ccc(Cl)cn1. The van der Waals surface area contributed by atoms with Gasteiger partial charge in [-0.15, -0.1) is 0 Å². The molecule has 8 heteroatoms. The average Bonchev–Trinajstić information content (AvgIpc) is 2.46. The first-order valence-corrected chi connectivity index (χ1v) is 8.28. The van der Waals surface area contributed by atoms with Crippen molar-refractivity contribution in [1.29, 1.82) is 0 Å². The predicted octanol–water partition coefficient (Wildman–Crippen LogP) is 1.52. The number of carbonyl (C=O) groups is 1. The summed E-state index contributed by atoms with van der Waals surface area (Å²) in [5, 5.41) is 0.0689. The number of amides is 1. The van der Waals surface area contributed by atoms with Gasteiger partial charge in [0.05, 0.1) is 5.02 Å². The Kier molecular flexibility index (Phi) is 5.33. The topological polar surface area (TPSA) is 85.4 Å². The third-order valence-corrected chi connectivity index (χ3v) is 4.48. The minimum absolute atomic E-state index is 0.237. The van der Waals surface area contributed by atoms with Crippen LogP contribution in [0.25, 0.3) is 0 Å². The molecule has 1 saturated heterocycles. The van der Waals surface area contributed by atoms with Crippen molar-refractivity contribution < 1.29 is 17.9 Å². The lowest BCUT2D eigenvalue weighted by Crippen LogP contribution is -2.29. The second kappa shape index (κ2) is 7.02. The minimum Gasteiger partial charge on any atom is -0.381 e. The number of hydrogen-bond donors (Lipinski definition) is 1. The van der Waals surface area contributed by atoms with Gasteiger partial charge in [-0.05, 0) is 30.9 Å². The molecule has 1 aliphatic rings. The van der Waals surface area contributed by atoms with E-state index in [1.807, 2.05) is 4.72 Å². The highest BCUT2D eigenvalue weighted by Crippen LogP contribution is 2.15. The maximum atomic E-state index is 11.9. The van der Waals surface area contributed by atoms with Crippen LogP contribution in [-0.2, 0) is 19.6 Å². The normalized spacial score (nSPS) is 17.0. The van der Waals surface area contributed by atoms with E-state index in [1.165, 1.54) is 24.4 Å². The molecule has 2 rings (SSSR count). The lowest BCUT2D eigenvalue weighted by Gasteiger charge is -2.18. The van der Waals surface area contributed by atoms with E-state index in [0.717, 1.165) is 12.8 Å². The summed E-state index contributed by atoms with van der Waals surface area (Å²) in [6.07, 6.45) is 5.81. The van der Waals surface area contributed by atoms with Gasteiger partial charge in [-0.3, -0.25) is 4.79 Å². The third kappa shape index (κ3) is 4.80.